The Morgan fingerprint density at radius 3 is 0.936 bits per heavy atom. The molecular formula is C47H81N7O24. The van der Waals surface area contributed by atoms with E-state index in [1.54, 1.807) is 0 Å². The standard InChI is InChI=1S/C47H81N7O24/c1-46(2,3)51-47(28-76-19-13-34(55)48-16-7-4-10-31(43(70)71)52(22-37(58)59)23-38(60)61,29-77-20-14-35(56)49-17-8-5-11-32(44(72)73)53(24-39(62)63)25-40(64)65)30-78-21-15-36(57)50-18-9-6-12-33(45(74)75)54(26-41(66)67)27-42(68)69/h31-33,37,51,58-59H,4-30H2,1-3H3,(H,48,55)(H,49,56)(H,50,57)(H,60,61)(H,62,63)(H,64,65)(H,66,67)(H,68,69)(H,70,71)(H,72,73)(H,74,75). The molecule has 31 nitrogen and oxygen atoms in total. The van der Waals surface area contributed by atoms with Crippen molar-refractivity contribution in [3.8, 4) is 0 Å². The van der Waals surface area contributed by atoms with Gasteiger partial charge in [0.15, 0.2) is 6.29 Å². The molecule has 0 aromatic heterocycles. The molecule has 0 bridgehead atoms. The van der Waals surface area contributed by atoms with Crippen molar-refractivity contribution >= 4 is 65.5 Å². The molecule has 0 radical (unpaired) electrons. The van der Waals surface area contributed by atoms with Crippen molar-refractivity contribution < 1.29 is 118 Å². The number of amides is 3. The average Bonchev–Trinajstić information content (AvgIpc) is 3.29. The van der Waals surface area contributed by atoms with E-state index in [0.717, 1.165) is 14.7 Å². The van der Waals surface area contributed by atoms with Gasteiger partial charge in [-0.1, -0.05) is 0 Å². The van der Waals surface area contributed by atoms with E-state index in [2.05, 4.69) is 21.3 Å². The highest BCUT2D eigenvalue weighted by Gasteiger charge is 2.36. The largest absolute Gasteiger partial charge is 0.480 e. The highest BCUT2D eigenvalue weighted by atomic mass is 16.5. The molecular weight excluding hydrogens is 1050 g/mol. The molecule has 31 heteroatoms. The molecule has 0 aromatic rings. The second-order valence-electron chi connectivity index (χ2n) is 19.4. The van der Waals surface area contributed by atoms with Gasteiger partial charge in [0, 0.05) is 44.4 Å². The second kappa shape index (κ2) is 39.2. The molecule has 0 saturated carbocycles. The fourth-order valence-electron chi connectivity index (χ4n) is 7.98. The third kappa shape index (κ3) is 36.0. The number of rotatable bonds is 49. The molecule has 0 aromatic carbocycles. The third-order valence-corrected chi connectivity index (χ3v) is 11.1. The number of nitrogens with zero attached hydrogens (tertiary/aromatic N) is 3. The Kier molecular flexibility index (Phi) is 36.1. The Labute approximate surface area is 450 Å². The maximum atomic E-state index is 12.7. The van der Waals surface area contributed by atoms with Gasteiger partial charge in [0.2, 0.25) is 17.7 Å². The minimum absolute atomic E-state index is 0.0445. The first kappa shape index (κ1) is 71.8. The lowest BCUT2D eigenvalue weighted by molar-refractivity contribution is -0.152. The molecule has 0 saturated heterocycles. The number of carbonyl (C=O) groups is 11. The molecule has 0 aliphatic rings. The number of unbranched alkanes of at least 4 members (excludes halogenated alkanes) is 3. The van der Waals surface area contributed by atoms with Crippen LogP contribution in [0.3, 0.4) is 0 Å². The summed E-state index contributed by atoms with van der Waals surface area (Å²) in [7, 11) is 0. The molecule has 3 atom stereocenters. The van der Waals surface area contributed by atoms with Gasteiger partial charge in [-0.05, 0) is 78.6 Å². The van der Waals surface area contributed by atoms with Crippen LogP contribution in [0.25, 0.3) is 0 Å². The predicted octanol–water partition coefficient (Wildman–Crippen LogP) is -2.81. The van der Waals surface area contributed by atoms with Crippen molar-refractivity contribution in [2.45, 2.75) is 133 Å². The Morgan fingerprint density at radius 2 is 0.692 bits per heavy atom. The third-order valence-electron chi connectivity index (χ3n) is 11.1. The van der Waals surface area contributed by atoms with Gasteiger partial charge in [-0.2, -0.15) is 0 Å². The molecule has 3 amide bonds. The van der Waals surface area contributed by atoms with E-state index in [9.17, 15) is 78.3 Å². The molecule has 0 spiro atoms. The summed E-state index contributed by atoms with van der Waals surface area (Å²) in [5, 5.41) is 105. The van der Waals surface area contributed by atoms with Crippen LogP contribution in [-0.4, -0.2) is 265 Å². The summed E-state index contributed by atoms with van der Waals surface area (Å²) in [6, 6.07) is -4.10. The van der Waals surface area contributed by atoms with Crippen molar-refractivity contribution in [3.05, 3.63) is 0 Å². The van der Waals surface area contributed by atoms with Crippen LogP contribution in [0.4, 0.5) is 0 Å². The Hall–Kier alpha value is -6.19. The number of ether oxygens (including phenoxy) is 3. The first-order valence-electron chi connectivity index (χ1n) is 25.2. The van der Waals surface area contributed by atoms with Gasteiger partial charge < -0.3 is 86.5 Å². The molecule has 0 fully saturated rings. The number of carbonyl (C=O) groups excluding carboxylic acids is 3. The van der Waals surface area contributed by atoms with Crippen LogP contribution in [0.15, 0.2) is 0 Å². The summed E-state index contributed by atoms with van der Waals surface area (Å²) in [4.78, 5) is 132. The lowest BCUT2D eigenvalue weighted by Crippen LogP contribution is -2.62. The van der Waals surface area contributed by atoms with Crippen molar-refractivity contribution in [2.75, 3.05) is 98.5 Å². The highest BCUT2D eigenvalue weighted by Crippen LogP contribution is 2.17. The maximum absolute atomic E-state index is 12.7. The zero-order valence-electron chi connectivity index (χ0n) is 44.4. The molecule has 0 rings (SSSR count). The minimum Gasteiger partial charge on any atom is -0.480 e. The van der Waals surface area contributed by atoms with Gasteiger partial charge in [-0.15, -0.1) is 0 Å². The number of hydrogen-bond acceptors (Lipinski definition) is 20. The first-order valence-corrected chi connectivity index (χ1v) is 25.2. The lowest BCUT2D eigenvalue weighted by Gasteiger charge is -2.40. The quantitative estimate of drug-likeness (QED) is 0.0216. The van der Waals surface area contributed by atoms with Crippen LogP contribution in [0.5, 0.6) is 0 Å². The van der Waals surface area contributed by atoms with Crippen LogP contribution >= 0.6 is 0 Å². The monoisotopic (exact) mass is 1130 g/mol. The van der Waals surface area contributed by atoms with E-state index in [1.165, 1.54) is 0 Å². The molecule has 0 aliphatic heterocycles. The summed E-state index contributed by atoms with van der Waals surface area (Å²) < 4.78 is 17.9. The van der Waals surface area contributed by atoms with Crippen LogP contribution in [0.1, 0.15) is 97.8 Å². The van der Waals surface area contributed by atoms with Crippen molar-refractivity contribution in [1.82, 2.24) is 36.0 Å². The molecule has 14 N–H and O–H groups in total. The van der Waals surface area contributed by atoms with Crippen LogP contribution in [0, 0.1) is 0 Å². The number of aliphatic carboxylic acids is 8. The number of aliphatic hydroxyl groups excluding tert-OH is 1. The smallest absolute Gasteiger partial charge is 0.320 e. The summed E-state index contributed by atoms with van der Waals surface area (Å²) in [5.41, 5.74) is -1.78. The zero-order valence-corrected chi connectivity index (χ0v) is 44.4. The van der Waals surface area contributed by atoms with Gasteiger partial charge in [0.1, 0.15) is 18.1 Å². The molecule has 0 aliphatic carbocycles. The van der Waals surface area contributed by atoms with Gasteiger partial charge >= 0.3 is 47.8 Å². The summed E-state index contributed by atoms with van der Waals surface area (Å²) in [6.07, 6.45) is -1.01. The second-order valence-corrected chi connectivity index (χ2v) is 19.4. The van der Waals surface area contributed by atoms with Crippen molar-refractivity contribution in [1.29, 1.82) is 0 Å². The number of carboxylic acids is 8. The van der Waals surface area contributed by atoms with Gasteiger partial charge in [-0.25, -0.2) is 0 Å². The molecule has 0 heterocycles. The Bertz CT molecular complexity index is 1800. The van der Waals surface area contributed by atoms with Crippen LogP contribution in [0.2, 0.25) is 0 Å². The van der Waals surface area contributed by atoms with E-state index < -0.39 is 140 Å². The zero-order chi connectivity index (χ0) is 59.4. The number of carboxylic acid groups (broad SMARTS) is 8. The molecule has 3 unspecified atom stereocenters. The van der Waals surface area contributed by atoms with E-state index >= 15 is 0 Å². The SMILES string of the molecule is CC(C)(C)NC(COCCC(=O)NCCCCC(C(=O)O)N(CC(=O)O)CC(=O)O)(COCCC(=O)NCCCCC(C(=O)O)N(CC(=O)O)CC(=O)O)COCCC(=O)NCCCCC(C(=O)O)N(CC(=O)O)CC(O)O. The van der Waals surface area contributed by atoms with E-state index in [4.69, 9.17) is 39.7 Å². The molecule has 78 heavy (non-hydrogen) atoms. The average molecular weight is 1130 g/mol. The fourth-order valence-corrected chi connectivity index (χ4v) is 7.98. The topological polar surface area (TPSA) is 476 Å². The van der Waals surface area contributed by atoms with Crippen LogP contribution < -0.4 is 21.3 Å². The highest BCUT2D eigenvalue weighted by molar-refractivity contribution is 5.80. The Morgan fingerprint density at radius 1 is 0.423 bits per heavy atom. The fraction of sp³-hybridized carbons (Fsp3) is 0.766. The number of hydrogen-bond donors (Lipinski definition) is 14. The van der Waals surface area contributed by atoms with Gasteiger partial charge in [0.05, 0.1) is 84.4 Å². The summed E-state index contributed by atoms with van der Waals surface area (Å²) >= 11 is 0. The number of nitrogens with one attached hydrogen (secondary N) is 4. The maximum Gasteiger partial charge on any atom is 0.320 e. The lowest BCUT2D eigenvalue weighted by atomic mass is 9.97. The first-order chi connectivity index (χ1) is 36.5. The van der Waals surface area contributed by atoms with E-state index in [1.807, 2.05) is 20.8 Å². The summed E-state index contributed by atoms with van der Waals surface area (Å²) in [6.45, 7) is 0.667. The molecule has 448 valence electrons. The Balaban J connectivity index is 5.66. The normalized spacial score (nSPS) is 13.6. The van der Waals surface area contributed by atoms with Crippen LogP contribution in [-0.2, 0) is 67.0 Å². The van der Waals surface area contributed by atoms with Gasteiger partial charge in [-0.3, -0.25) is 67.4 Å². The van der Waals surface area contributed by atoms with Crippen molar-refractivity contribution in [2.24, 2.45) is 0 Å². The van der Waals surface area contributed by atoms with E-state index in [-0.39, 0.29) is 130 Å². The van der Waals surface area contributed by atoms with E-state index in [0.29, 0.717) is 6.42 Å². The summed E-state index contributed by atoms with van der Waals surface area (Å²) in [5.74, 6) is -12.4. The minimum atomic E-state index is -1.97. The number of aliphatic hydroxyl groups is 2. The predicted molar refractivity (Wildman–Crippen MR) is 268 cm³/mol. The van der Waals surface area contributed by atoms with Crippen molar-refractivity contribution in [3.63, 3.8) is 0 Å². The van der Waals surface area contributed by atoms with Gasteiger partial charge in [0.25, 0.3) is 0 Å².